The summed E-state index contributed by atoms with van der Waals surface area (Å²) in [4.78, 5) is 5.10. The zero-order valence-corrected chi connectivity index (χ0v) is 14.1. The number of likely N-dealkylation sites (tertiary alicyclic amines) is 2. The van der Waals surface area contributed by atoms with E-state index in [2.05, 4.69) is 47.9 Å². The summed E-state index contributed by atoms with van der Waals surface area (Å²) in [6.07, 6.45) is 5.37. The third-order valence-electron chi connectivity index (χ3n) is 5.07. The lowest BCUT2D eigenvalue weighted by Crippen LogP contribution is -2.41. The van der Waals surface area contributed by atoms with Crippen LogP contribution in [0.15, 0.2) is 24.3 Å². The molecule has 3 rings (SSSR count). The second kappa shape index (κ2) is 7.47. The maximum atomic E-state index is 6.37. The molecule has 0 bridgehead atoms. The fourth-order valence-corrected chi connectivity index (χ4v) is 3.62. The summed E-state index contributed by atoms with van der Waals surface area (Å²) in [5.74, 6) is 1.11. The third kappa shape index (κ3) is 4.02. The van der Waals surface area contributed by atoms with E-state index in [-0.39, 0.29) is 0 Å². The van der Waals surface area contributed by atoms with Crippen LogP contribution in [0, 0.1) is 0 Å². The van der Waals surface area contributed by atoms with Gasteiger partial charge in [-0.1, -0.05) is 18.2 Å². The van der Waals surface area contributed by atoms with Gasteiger partial charge < -0.3 is 9.64 Å². The molecule has 2 heterocycles. The first-order valence-electron chi connectivity index (χ1n) is 8.93. The van der Waals surface area contributed by atoms with E-state index in [9.17, 15) is 0 Å². The summed E-state index contributed by atoms with van der Waals surface area (Å²) < 4.78 is 6.37. The number of rotatable bonds is 5. The molecule has 2 fully saturated rings. The molecule has 0 atom stereocenters. The minimum absolute atomic E-state index is 0.384. The van der Waals surface area contributed by atoms with Crippen molar-refractivity contribution in [1.82, 2.24) is 9.80 Å². The van der Waals surface area contributed by atoms with Crippen LogP contribution in [0.1, 0.15) is 45.1 Å². The number of benzene rings is 1. The lowest BCUT2D eigenvalue weighted by atomic mass is 10.1. The number of nitrogens with zero attached hydrogens (tertiary/aromatic N) is 2. The van der Waals surface area contributed by atoms with Gasteiger partial charge in [-0.2, -0.15) is 0 Å². The number of para-hydroxylation sites is 1. The predicted molar refractivity (Wildman–Crippen MR) is 91.3 cm³/mol. The lowest BCUT2D eigenvalue weighted by molar-refractivity contribution is 0.0831. The van der Waals surface area contributed by atoms with E-state index in [0.29, 0.717) is 12.1 Å². The highest BCUT2D eigenvalue weighted by Gasteiger charge is 2.23. The predicted octanol–water partition coefficient (Wildman–Crippen LogP) is 3.53. The van der Waals surface area contributed by atoms with Gasteiger partial charge in [-0.3, -0.25) is 4.90 Å². The zero-order valence-electron chi connectivity index (χ0n) is 14.1. The van der Waals surface area contributed by atoms with Gasteiger partial charge >= 0.3 is 0 Å². The molecule has 2 saturated heterocycles. The highest BCUT2D eigenvalue weighted by Crippen LogP contribution is 2.25. The molecule has 0 N–H and O–H groups in total. The van der Waals surface area contributed by atoms with Crippen molar-refractivity contribution in [2.75, 3.05) is 26.2 Å². The van der Waals surface area contributed by atoms with Gasteiger partial charge in [0, 0.05) is 31.2 Å². The number of piperidine rings is 1. The van der Waals surface area contributed by atoms with Gasteiger partial charge in [-0.05, 0) is 58.7 Å². The van der Waals surface area contributed by atoms with Gasteiger partial charge in [-0.25, -0.2) is 0 Å². The van der Waals surface area contributed by atoms with Crippen LogP contribution in [0.3, 0.4) is 0 Å². The Kier molecular flexibility index (Phi) is 5.37. The Morgan fingerprint density at radius 3 is 2.41 bits per heavy atom. The van der Waals surface area contributed by atoms with E-state index in [1.807, 2.05) is 0 Å². The second-order valence-corrected chi connectivity index (χ2v) is 7.04. The Labute approximate surface area is 135 Å². The van der Waals surface area contributed by atoms with E-state index in [0.717, 1.165) is 38.2 Å². The molecule has 0 unspecified atom stereocenters. The number of ether oxygens (including phenoxy) is 1. The summed E-state index contributed by atoms with van der Waals surface area (Å²) in [6, 6.07) is 9.28. The standard InChI is InChI=1S/C19H30N2O/c1-16(2)21-13-9-18(10-14-21)22-19-8-4-3-7-17(19)15-20-11-5-6-12-20/h3-4,7-8,16,18H,5-6,9-15H2,1-2H3. The van der Waals surface area contributed by atoms with Crippen LogP contribution in [0.2, 0.25) is 0 Å². The topological polar surface area (TPSA) is 15.7 Å². The van der Waals surface area contributed by atoms with Crippen molar-refractivity contribution in [2.45, 2.75) is 58.2 Å². The van der Waals surface area contributed by atoms with Crippen LogP contribution in [0.25, 0.3) is 0 Å². The van der Waals surface area contributed by atoms with E-state index in [1.165, 1.54) is 31.5 Å². The molecule has 1 aromatic carbocycles. The first-order valence-corrected chi connectivity index (χ1v) is 8.93. The summed E-state index contributed by atoms with van der Waals surface area (Å²) in [5, 5.41) is 0. The summed E-state index contributed by atoms with van der Waals surface area (Å²) >= 11 is 0. The van der Waals surface area contributed by atoms with Crippen molar-refractivity contribution in [3.63, 3.8) is 0 Å². The molecule has 122 valence electrons. The van der Waals surface area contributed by atoms with Gasteiger partial charge in [0.05, 0.1) is 0 Å². The molecule has 1 aromatic rings. The van der Waals surface area contributed by atoms with E-state index >= 15 is 0 Å². The molecule has 0 amide bonds. The molecule has 0 radical (unpaired) electrons. The molecule has 2 aliphatic heterocycles. The van der Waals surface area contributed by atoms with Crippen molar-refractivity contribution in [3.8, 4) is 5.75 Å². The van der Waals surface area contributed by atoms with Crippen LogP contribution >= 0.6 is 0 Å². The lowest BCUT2D eigenvalue weighted by Gasteiger charge is -2.35. The smallest absolute Gasteiger partial charge is 0.124 e. The average Bonchev–Trinajstić information content (AvgIpc) is 3.03. The molecule has 3 heteroatoms. The summed E-state index contributed by atoms with van der Waals surface area (Å²) in [7, 11) is 0. The summed E-state index contributed by atoms with van der Waals surface area (Å²) in [5.41, 5.74) is 1.36. The second-order valence-electron chi connectivity index (χ2n) is 7.04. The molecule has 0 spiro atoms. The van der Waals surface area contributed by atoms with Gasteiger partial charge in [0.2, 0.25) is 0 Å². The molecule has 0 aliphatic carbocycles. The van der Waals surface area contributed by atoms with Crippen LogP contribution in [0.4, 0.5) is 0 Å². The Morgan fingerprint density at radius 2 is 1.73 bits per heavy atom. The molecular weight excluding hydrogens is 272 g/mol. The fourth-order valence-electron chi connectivity index (χ4n) is 3.62. The Hall–Kier alpha value is -1.06. The zero-order chi connectivity index (χ0) is 15.4. The Balaban J connectivity index is 1.58. The van der Waals surface area contributed by atoms with E-state index in [4.69, 9.17) is 4.74 Å². The molecule has 22 heavy (non-hydrogen) atoms. The van der Waals surface area contributed by atoms with Crippen LogP contribution < -0.4 is 4.74 Å². The van der Waals surface area contributed by atoms with Gasteiger partial charge in [0.15, 0.2) is 0 Å². The average molecular weight is 302 g/mol. The first-order chi connectivity index (χ1) is 10.7. The fraction of sp³-hybridized carbons (Fsp3) is 0.684. The number of hydrogen-bond acceptors (Lipinski definition) is 3. The molecule has 0 saturated carbocycles. The van der Waals surface area contributed by atoms with Crippen LogP contribution in [-0.2, 0) is 6.54 Å². The quantitative estimate of drug-likeness (QED) is 0.827. The third-order valence-corrected chi connectivity index (χ3v) is 5.07. The minimum atomic E-state index is 0.384. The molecular formula is C19H30N2O. The highest BCUT2D eigenvalue weighted by molar-refractivity contribution is 5.33. The monoisotopic (exact) mass is 302 g/mol. The maximum absolute atomic E-state index is 6.37. The highest BCUT2D eigenvalue weighted by atomic mass is 16.5. The minimum Gasteiger partial charge on any atom is -0.490 e. The molecule has 0 aromatic heterocycles. The SMILES string of the molecule is CC(C)N1CCC(Oc2ccccc2CN2CCCC2)CC1. The normalized spacial score (nSPS) is 21.6. The van der Waals surface area contributed by atoms with Crippen molar-refractivity contribution >= 4 is 0 Å². The first kappa shape index (κ1) is 15.8. The Bertz CT molecular complexity index is 460. The largest absolute Gasteiger partial charge is 0.490 e. The molecule has 3 nitrogen and oxygen atoms in total. The van der Waals surface area contributed by atoms with Crippen molar-refractivity contribution in [2.24, 2.45) is 0 Å². The maximum Gasteiger partial charge on any atom is 0.124 e. The summed E-state index contributed by atoms with van der Waals surface area (Å²) in [6.45, 7) is 10.4. The van der Waals surface area contributed by atoms with E-state index in [1.54, 1.807) is 0 Å². The van der Waals surface area contributed by atoms with E-state index < -0.39 is 0 Å². The van der Waals surface area contributed by atoms with Gasteiger partial charge in [0.25, 0.3) is 0 Å². The van der Waals surface area contributed by atoms with Crippen molar-refractivity contribution in [1.29, 1.82) is 0 Å². The number of hydrogen-bond donors (Lipinski definition) is 0. The van der Waals surface area contributed by atoms with Gasteiger partial charge in [0.1, 0.15) is 11.9 Å². The van der Waals surface area contributed by atoms with Crippen molar-refractivity contribution < 1.29 is 4.74 Å². The van der Waals surface area contributed by atoms with Crippen LogP contribution in [-0.4, -0.2) is 48.1 Å². The molecule has 2 aliphatic rings. The van der Waals surface area contributed by atoms with Crippen LogP contribution in [0.5, 0.6) is 5.75 Å². The Morgan fingerprint density at radius 1 is 1.05 bits per heavy atom. The van der Waals surface area contributed by atoms with Crippen molar-refractivity contribution in [3.05, 3.63) is 29.8 Å². The van der Waals surface area contributed by atoms with Gasteiger partial charge in [-0.15, -0.1) is 0 Å².